The average Bonchev–Trinajstić information content (AvgIpc) is 3.05. The molecule has 0 fully saturated rings. The van der Waals surface area contributed by atoms with E-state index in [1.54, 1.807) is 37.1 Å². The van der Waals surface area contributed by atoms with Gasteiger partial charge >= 0.3 is 0 Å². The molecular formula is C25H27N3O4S. The van der Waals surface area contributed by atoms with Gasteiger partial charge in [0.05, 0.1) is 10.6 Å². The summed E-state index contributed by atoms with van der Waals surface area (Å²) in [4.78, 5) is 27.2. The summed E-state index contributed by atoms with van der Waals surface area (Å²) in [5, 5.41) is 4.20. The molecule has 0 saturated heterocycles. The van der Waals surface area contributed by atoms with Crippen molar-refractivity contribution < 1.29 is 18.0 Å². The van der Waals surface area contributed by atoms with Gasteiger partial charge < -0.3 is 10.2 Å². The van der Waals surface area contributed by atoms with Crippen LogP contribution in [0, 0.1) is 0 Å². The molecule has 2 amide bonds. The molecule has 1 aliphatic rings. The van der Waals surface area contributed by atoms with Crippen LogP contribution in [0.3, 0.4) is 0 Å². The Kier molecular flexibility index (Phi) is 6.37. The van der Waals surface area contributed by atoms with E-state index in [9.17, 15) is 18.0 Å². The molecule has 0 aromatic heterocycles. The van der Waals surface area contributed by atoms with Crippen LogP contribution in [-0.4, -0.2) is 44.8 Å². The van der Waals surface area contributed by atoms with Crippen LogP contribution in [-0.2, 0) is 26.2 Å². The molecule has 33 heavy (non-hydrogen) atoms. The fourth-order valence-corrected chi connectivity index (χ4v) is 6.04. The summed E-state index contributed by atoms with van der Waals surface area (Å²) < 4.78 is 27.7. The number of rotatable bonds is 8. The zero-order valence-corrected chi connectivity index (χ0v) is 19.5. The van der Waals surface area contributed by atoms with Crippen molar-refractivity contribution in [3.05, 3.63) is 72.3 Å². The van der Waals surface area contributed by atoms with Gasteiger partial charge in [0.25, 0.3) is 10.0 Å². The number of anilines is 1. The molecule has 1 N–H and O–H groups in total. The third-order valence-electron chi connectivity index (χ3n) is 6.04. The molecule has 0 radical (unpaired) electrons. The first-order chi connectivity index (χ1) is 15.8. The molecule has 3 aromatic rings. The van der Waals surface area contributed by atoms with Gasteiger partial charge in [0, 0.05) is 31.9 Å². The lowest BCUT2D eigenvalue weighted by molar-refractivity contribution is -0.140. The zero-order valence-electron chi connectivity index (χ0n) is 18.7. The molecule has 0 aliphatic carbocycles. The second-order valence-electron chi connectivity index (χ2n) is 8.11. The molecule has 8 heteroatoms. The smallest absolute Gasteiger partial charge is 0.265 e. The lowest BCUT2D eigenvalue weighted by Gasteiger charge is -2.29. The highest BCUT2D eigenvalue weighted by Crippen LogP contribution is 2.42. The molecule has 4 rings (SSSR count). The van der Waals surface area contributed by atoms with E-state index in [0.29, 0.717) is 23.5 Å². The fourth-order valence-electron chi connectivity index (χ4n) is 4.29. The van der Waals surface area contributed by atoms with Gasteiger partial charge in [-0.1, -0.05) is 54.6 Å². The maximum Gasteiger partial charge on any atom is 0.265 e. The van der Waals surface area contributed by atoms with Gasteiger partial charge in [0.15, 0.2) is 0 Å². The molecule has 1 aliphatic heterocycles. The largest absolute Gasteiger partial charge is 0.357 e. The van der Waals surface area contributed by atoms with Crippen LogP contribution in [0.2, 0.25) is 0 Å². The molecule has 3 aromatic carbocycles. The zero-order chi connectivity index (χ0) is 23.6. The number of hydrogen-bond donors (Lipinski definition) is 1. The summed E-state index contributed by atoms with van der Waals surface area (Å²) in [6.07, 6.45) is 0.473. The van der Waals surface area contributed by atoms with Crippen molar-refractivity contribution in [3.8, 4) is 0 Å². The quantitative estimate of drug-likeness (QED) is 0.553. The molecule has 0 saturated carbocycles. The highest BCUT2D eigenvalue weighted by Gasteiger charge is 2.35. The summed E-state index contributed by atoms with van der Waals surface area (Å²) in [5.41, 5.74) is 1.57. The van der Waals surface area contributed by atoms with Gasteiger partial charge in [-0.3, -0.25) is 13.9 Å². The highest BCUT2D eigenvalue weighted by molar-refractivity contribution is 7.93. The maximum atomic E-state index is 13.1. The molecular weight excluding hydrogens is 438 g/mol. The van der Waals surface area contributed by atoms with E-state index in [4.69, 9.17) is 0 Å². The van der Waals surface area contributed by atoms with Crippen LogP contribution in [0.5, 0.6) is 0 Å². The highest BCUT2D eigenvalue weighted by atomic mass is 32.2. The van der Waals surface area contributed by atoms with Crippen LogP contribution in [0.25, 0.3) is 10.8 Å². The number of carbonyl (C=O) groups excluding carboxylic acids is 2. The Balaban J connectivity index is 1.49. The number of benzene rings is 3. The van der Waals surface area contributed by atoms with E-state index in [-0.39, 0.29) is 24.8 Å². The Morgan fingerprint density at radius 1 is 1.00 bits per heavy atom. The second kappa shape index (κ2) is 9.23. The van der Waals surface area contributed by atoms with E-state index in [2.05, 4.69) is 5.32 Å². The first-order valence-electron chi connectivity index (χ1n) is 10.9. The van der Waals surface area contributed by atoms with E-state index >= 15 is 0 Å². The number of carbonyl (C=O) groups is 2. The van der Waals surface area contributed by atoms with E-state index in [1.165, 1.54) is 4.31 Å². The second-order valence-corrected chi connectivity index (χ2v) is 9.94. The number of nitrogens with zero attached hydrogens (tertiary/aromatic N) is 2. The normalized spacial score (nSPS) is 14.8. The molecule has 1 heterocycles. The molecule has 172 valence electrons. The monoisotopic (exact) mass is 465 g/mol. The average molecular weight is 466 g/mol. The van der Waals surface area contributed by atoms with Crippen LogP contribution in [0.4, 0.5) is 5.69 Å². The van der Waals surface area contributed by atoms with Gasteiger partial charge in [-0.15, -0.1) is 0 Å². The topological polar surface area (TPSA) is 86.8 Å². The number of hydrogen-bond acceptors (Lipinski definition) is 4. The van der Waals surface area contributed by atoms with Gasteiger partial charge in [-0.2, -0.15) is 0 Å². The van der Waals surface area contributed by atoms with Crippen LogP contribution < -0.4 is 9.62 Å². The van der Waals surface area contributed by atoms with Crippen molar-refractivity contribution in [3.63, 3.8) is 0 Å². The molecule has 0 bridgehead atoms. The first-order valence-corrected chi connectivity index (χ1v) is 12.4. The van der Waals surface area contributed by atoms with Crippen LogP contribution in [0.1, 0.15) is 25.3 Å². The fraction of sp³-hybridized carbons (Fsp3) is 0.280. The van der Waals surface area contributed by atoms with Crippen molar-refractivity contribution in [1.29, 1.82) is 0 Å². The third kappa shape index (κ3) is 4.30. The Hall–Kier alpha value is -3.39. The third-order valence-corrected chi connectivity index (χ3v) is 7.90. The standard InChI is InChI=1S/C25H27N3O4S/c1-18(25(30)26-2)27(17-19-9-4-3-5-10-19)23(29)15-8-16-28-21-13-6-11-20-12-7-14-22(24(20)21)33(28,31)32/h3-7,9-14,18H,8,15-17H2,1-2H3,(H,26,30). The summed E-state index contributed by atoms with van der Waals surface area (Å²) in [5.74, 6) is -0.439. The molecule has 7 nitrogen and oxygen atoms in total. The van der Waals surface area contributed by atoms with Crippen molar-refractivity contribution in [2.45, 2.75) is 37.2 Å². The van der Waals surface area contributed by atoms with Crippen molar-refractivity contribution in [2.24, 2.45) is 0 Å². The predicted octanol–water partition coefficient (Wildman–Crippen LogP) is 3.29. The first kappa shape index (κ1) is 22.8. The Bertz CT molecular complexity index is 1290. The summed E-state index contributed by atoms with van der Waals surface area (Å²) >= 11 is 0. The minimum atomic E-state index is -3.65. The SMILES string of the molecule is CNC(=O)C(C)N(Cc1ccccc1)C(=O)CCCN1c2cccc3cccc(c23)S1(=O)=O. The number of nitrogens with one attached hydrogen (secondary N) is 1. The minimum absolute atomic E-state index is 0.131. The minimum Gasteiger partial charge on any atom is -0.357 e. The van der Waals surface area contributed by atoms with Crippen molar-refractivity contribution in [2.75, 3.05) is 17.9 Å². The Morgan fingerprint density at radius 2 is 1.70 bits per heavy atom. The Morgan fingerprint density at radius 3 is 2.39 bits per heavy atom. The van der Waals surface area contributed by atoms with E-state index < -0.39 is 16.1 Å². The number of sulfonamides is 1. The lowest BCUT2D eigenvalue weighted by Crippen LogP contribution is -2.46. The van der Waals surface area contributed by atoms with Crippen LogP contribution in [0.15, 0.2) is 71.6 Å². The van der Waals surface area contributed by atoms with Gasteiger partial charge in [-0.25, -0.2) is 8.42 Å². The molecule has 1 atom stereocenters. The number of likely N-dealkylation sites (N-methyl/N-ethyl adjacent to an activating group) is 1. The molecule has 0 spiro atoms. The van der Waals surface area contributed by atoms with Gasteiger partial charge in [0.2, 0.25) is 11.8 Å². The maximum absolute atomic E-state index is 13.1. The van der Waals surface area contributed by atoms with Crippen molar-refractivity contribution in [1.82, 2.24) is 10.2 Å². The summed E-state index contributed by atoms with van der Waals surface area (Å²) in [6, 6.07) is 19.6. The molecule has 1 unspecified atom stereocenters. The Labute approximate surface area is 194 Å². The summed E-state index contributed by atoms with van der Waals surface area (Å²) in [6.45, 7) is 2.19. The van der Waals surface area contributed by atoms with E-state index in [1.807, 2.05) is 48.5 Å². The summed E-state index contributed by atoms with van der Waals surface area (Å²) in [7, 11) is -2.11. The van der Waals surface area contributed by atoms with E-state index in [0.717, 1.165) is 16.3 Å². The number of amides is 2. The van der Waals surface area contributed by atoms with Crippen molar-refractivity contribution >= 4 is 38.3 Å². The predicted molar refractivity (Wildman–Crippen MR) is 128 cm³/mol. The van der Waals surface area contributed by atoms with Crippen LogP contribution >= 0.6 is 0 Å². The lowest BCUT2D eigenvalue weighted by atomic mass is 10.1. The van der Waals surface area contributed by atoms with Gasteiger partial charge in [0.1, 0.15) is 6.04 Å². The van der Waals surface area contributed by atoms with Gasteiger partial charge in [-0.05, 0) is 36.4 Å².